The standard InChI is InChI=1S/C24H25N5O/c1-27-10-5-6-18(15-27)16-28-11-9-20(12-23(28)30)21-13-25-24-22(14-26-29(24)17-21)19-7-3-2-4-8-19/h2-4,7-9,11-14,17-18H,5-6,10,15-16H2,1H3. The minimum absolute atomic E-state index is 0.0336. The zero-order chi connectivity index (χ0) is 20.5. The number of hydrogen-bond donors (Lipinski definition) is 0. The zero-order valence-corrected chi connectivity index (χ0v) is 17.1. The second kappa shape index (κ2) is 7.88. The van der Waals surface area contributed by atoms with Crippen molar-refractivity contribution in [1.29, 1.82) is 0 Å². The number of fused-ring (bicyclic) bond motifs is 1. The van der Waals surface area contributed by atoms with Crippen LogP contribution in [0.4, 0.5) is 0 Å². The molecule has 1 atom stereocenters. The van der Waals surface area contributed by atoms with Crippen molar-refractivity contribution in [2.24, 2.45) is 5.92 Å². The van der Waals surface area contributed by atoms with Crippen LogP contribution < -0.4 is 5.56 Å². The van der Waals surface area contributed by atoms with Gasteiger partial charge in [0.05, 0.1) is 6.20 Å². The van der Waals surface area contributed by atoms with Crippen LogP contribution in [0.3, 0.4) is 0 Å². The number of nitrogens with zero attached hydrogens (tertiary/aromatic N) is 5. The van der Waals surface area contributed by atoms with Crippen molar-refractivity contribution in [3.05, 3.63) is 77.6 Å². The van der Waals surface area contributed by atoms with E-state index in [1.54, 1.807) is 10.6 Å². The second-order valence-corrected chi connectivity index (χ2v) is 8.21. The summed E-state index contributed by atoms with van der Waals surface area (Å²) in [4.78, 5) is 19.7. The van der Waals surface area contributed by atoms with E-state index in [2.05, 4.69) is 34.2 Å². The van der Waals surface area contributed by atoms with Crippen LogP contribution in [-0.2, 0) is 6.54 Å². The molecule has 4 heterocycles. The molecule has 1 unspecified atom stereocenters. The largest absolute Gasteiger partial charge is 0.315 e. The Bertz CT molecular complexity index is 1230. The Hall–Kier alpha value is -3.25. The summed E-state index contributed by atoms with van der Waals surface area (Å²) < 4.78 is 3.61. The Labute approximate surface area is 175 Å². The molecule has 152 valence electrons. The predicted octanol–water partition coefficient (Wildman–Crippen LogP) is 3.57. The normalized spacial score (nSPS) is 17.4. The molecule has 1 saturated heterocycles. The van der Waals surface area contributed by atoms with E-state index in [1.807, 2.05) is 53.6 Å². The van der Waals surface area contributed by atoms with Gasteiger partial charge in [-0.1, -0.05) is 30.3 Å². The molecule has 1 aromatic carbocycles. The van der Waals surface area contributed by atoms with Crippen LogP contribution >= 0.6 is 0 Å². The van der Waals surface area contributed by atoms with Gasteiger partial charge in [0.1, 0.15) is 0 Å². The molecule has 0 saturated carbocycles. The molecule has 6 heteroatoms. The number of aromatic nitrogens is 4. The third-order valence-electron chi connectivity index (χ3n) is 5.95. The van der Waals surface area contributed by atoms with Crippen LogP contribution in [0, 0.1) is 5.92 Å². The van der Waals surface area contributed by atoms with Crippen LogP contribution in [0.1, 0.15) is 12.8 Å². The van der Waals surface area contributed by atoms with Gasteiger partial charge >= 0.3 is 0 Å². The Kier molecular flexibility index (Phi) is 4.93. The topological polar surface area (TPSA) is 55.4 Å². The number of likely N-dealkylation sites (tertiary alicyclic amines) is 1. The predicted molar refractivity (Wildman–Crippen MR) is 118 cm³/mol. The first-order valence-corrected chi connectivity index (χ1v) is 10.5. The first-order valence-electron chi connectivity index (χ1n) is 10.5. The maximum Gasteiger partial charge on any atom is 0.251 e. The average molecular weight is 399 g/mol. The highest BCUT2D eigenvalue weighted by atomic mass is 16.1. The summed E-state index contributed by atoms with van der Waals surface area (Å²) in [5.74, 6) is 0.533. The minimum atomic E-state index is 0.0336. The number of hydrogen-bond acceptors (Lipinski definition) is 4. The Morgan fingerprint density at radius 1 is 1.07 bits per heavy atom. The van der Waals surface area contributed by atoms with E-state index in [9.17, 15) is 4.79 Å². The van der Waals surface area contributed by atoms with E-state index in [0.717, 1.165) is 47.5 Å². The van der Waals surface area contributed by atoms with Gasteiger partial charge in [-0.2, -0.15) is 5.10 Å². The van der Waals surface area contributed by atoms with Gasteiger partial charge in [-0.25, -0.2) is 9.50 Å². The van der Waals surface area contributed by atoms with Gasteiger partial charge in [0, 0.05) is 48.9 Å². The number of benzene rings is 1. The lowest BCUT2D eigenvalue weighted by Crippen LogP contribution is -2.35. The SMILES string of the molecule is CN1CCCC(Cn2ccc(-c3cnc4c(-c5ccccc5)cnn4c3)cc2=O)C1. The van der Waals surface area contributed by atoms with Gasteiger partial charge in [-0.05, 0) is 49.5 Å². The van der Waals surface area contributed by atoms with Gasteiger partial charge in [0.2, 0.25) is 0 Å². The fourth-order valence-corrected chi connectivity index (χ4v) is 4.38. The molecule has 30 heavy (non-hydrogen) atoms. The number of piperidine rings is 1. The van der Waals surface area contributed by atoms with Crippen LogP contribution in [0.2, 0.25) is 0 Å². The van der Waals surface area contributed by atoms with Crippen LogP contribution in [0.15, 0.2) is 72.0 Å². The lowest BCUT2D eigenvalue weighted by Gasteiger charge is -2.30. The maximum atomic E-state index is 12.7. The van der Waals surface area contributed by atoms with Crippen molar-refractivity contribution in [1.82, 2.24) is 24.1 Å². The highest BCUT2D eigenvalue weighted by Gasteiger charge is 2.18. The molecule has 6 nitrogen and oxygen atoms in total. The van der Waals surface area contributed by atoms with Crippen LogP contribution in [-0.4, -0.2) is 44.2 Å². The summed E-state index contributed by atoms with van der Waals surface area (Å²) in [7, 11) is 2.15. The molecule has 0 spiro atoms. The minimum Gasteiger partial charge on any atom is -0.315 e. The summed E-state index contributed by atoms with van der Waals surface area (Å²) in [6.45, 7) is 2.98. The quantitative estimate of drug-likeness (QED) is 0.526. The Balaban J connectivity index is 1.41. The van der Waals surface area contributed by atoms with Gasteiger partial charge < -0.3 is 9.47 Å². The van der Waals surface area contributed by atoms with Crippen molar-refractivity contribution in [2.75, 3.05) is 20.1 Å². The molecule has 3 aromatic heterocycles. The van der Waals surface area contributed by atoms with E-state index in [1.165, 1.54) is 12.8 Å². The fraction of sp³-hybridized carbons (Fsp3) is 0.292. The van der Waals surface area contributed by atoms with Crippen molar-refractivity contribution in [3.8, 4) is 22.3 Å². The molecule has 1 aliphatic heterocycles. The summed E-state index contributed by atoms with van der Waals surface area (Å²) in [6, 6.07) is 13.8. The van der Waals surface area contributed by atoms with Gasteiger partial charge in [0.15, 0.2) is 5.65 Å². The molecule has 0 radical (unpaired) electrons. The summed E-state index contributed by atoms with van der Waals surface area (Å²) in [6.07, 6.45) is 9.88. The third kappa shape index (κ3) is 3.66. The zero-order valence-electron chi connectivity index (χ0n) is 17.1. The molecule has 4 aromatic rings. The first-order chi connectivity index (χ1) is 14.7. The molecule has 1 fully saturated rings. The summed E-state index contributed by atoms with van der Waals surface area (Å²) in [5.41, 5.74) is 4.67. The van der Waals surface area contributed by atoms with Crippen molar-refractivity contribution in [3.63, 3.8) is 0 Å². The van der Waals surface area contributed by atoms with Crippen LogP contribution in [0.25, 0.3) is 27.9 Å². The van der Waals surface area contributed by atoms with E-state index in [4.69, 9.17) is 0 Å². The summed E-state index contributed by atoms with van der Waals surface area (Å²) >= 11 is 0. The average Bonchev–Trinajstić information content (AvgIpc) is 3.19. The van der Waals surface area contributed by atoms with E-state index >= 15 is 0 Å². The fourth-order valence-electron chi connectivity index (χ4n) is 4.38. The van der Waals surface area contributed by atoms with Gasteiger partial charge in [0.25, 0.3) is 5.56 Å². The van der Waals surface area contributed by atoms with Crippen molar-refractivity contribution < 1.29 is 0 Å². The lowest BCUT2D eigenvalue weighted by molar-refractivity contribution is 0.193. The molecule has 0 N–H and O–H groups in total. The number of pyridine rings is 1. The van der Waals surface area contributed by atoms with E-state index in [0.29, 0.717) is 5.92 Å². The third-order valence-corrected chi connectivity index (χ3v) is 5.95. The van der Waals surface area contributed by atoms with Crippen LogP contribution in [0.5, 0.6) is 0 Å². The van der Waals surface area contributed by atoms with Gasteiger partial charge in [-0.3, -0.25) is 4.79 Å². The maximum absolute atomic E-state index is 12.7. The Morgan fingerprint density at radius 3 is 2.73 bits per heavy atom. The molecule has 0 amide bonds. The smallest absolute Gasteiger partial charge is 0.251 e. The highest BCUT2D eigenvalue weighted by Crippen LogP contribution is 2.25. The molecule has 5 rings (SSSR count). The lowest BCUT2D eigenvalue weighted by atomic mass is 9.98. The molecule has 0 bridgehead atoms. The molecular weight excluding hydrogens is 374 g/mol. The van der Waals surface area contributed by atoms with Crippen molar-refractivity contribution in [2.45, 2.75) is 19.4 Å². The second-order valence-electron chi connectivity index (χ2n) is 8.21. The number of rotatable bonds is 4. The first kappa shape index (κ1) is 18.8. The Morgan fingerprint density at radius 2 is 1.93 bits per heavy atom. The summed E-state index contributed by atoms with van der Waals surface area (Å²) in [5, 5.41) is 4.47. The van der Waals surface area contributed by atoms with E-state index in [-0.39, 0.29) is 5.56 Å². The van der Waals surface area contributed by atoms with Crippen molar-refractivity contribution >= 4 is 5.65 Å². The molecule has 0 aliphatic carbocycles. The highest BCUT2D eigenvalue weighted by molar-refractivity contribution is 5.77. The molecular formula is C24H25N5O. The monoisotopic (exact) mass is 399 g/mol. The van der Waals surface area contributed by atoms with E-state index < -0.39 is 0 Å². The molecule has 1 aliphatic rings. The van der Waals surface area contributed by atoms with Gasteiger partial charge in [-0.15, -0.1) is 0 Å².